The number of carbonyl (C=O) groups is 1. The van der Waals surface area contributed by atoms with E-state index in [2.05, 4.69) is 66.7 Å². The van der Waals surface area contributed by atoms with Crippen molar-refractivity contribution in [3.05, 3.63) is 104 Å². The molecule has 0 spiro atoms. The van der Waals surface area contributed by atoms with Crippen LogP contribution in [0.3, 0.4) is 0 Å². The second-order valence-corrected chi connectivity index (χ2v) is 10.5. The van der Waals surface area contributed by atoms with E-state index in [-0.39, 0.29) is 5.76 Å². The molecule has 1 aromatic heterocycles. The van der Waals surface area contributed by atoms with Crippen LogP contribution >= 0.6 is 43.5 Å². The van der Waals surface area contributed by atoms with Crippen molar-refractivity contribution >= 4 is 77.3 Å². The SMILES string of the molecule is CCOc1cc(/C=N\NC(=O)c2cc3cc(Br)cc(Br)c3o2)cc(Cl)c1OCc1ccc2ccccc2c1. The monoisotopic (exact) mass is 654 g/mol. The van der Waals surface area contributed by atoms with Gasteiger partial charge < -0.3 is 13.9 Å². The van der Waals surface area contributed by atoms with Crippen LogP contribution in [0.25, 0.3) is 21.7 Å². The van der Waals surface area contributed by atoms with Crippen molar-refractivity contribution in [2.75, 3.05) is 6.61 Å². The Morgan fingerprint density at radius 1 is 1.00 bits per heavy atom. The maximum atomic E-state index is 12.6. The van der Waals surface area contributed by atoms with Crippen LogP contribution in [0.1, 0.15) is 28.6 Å². The number of hydrogen-bond acceptors (Lipinski definition) is 5. The van der Waals surface area contributed by atoms with E-state index < -0.39 is 5.91 Å². The summed E-state index contributed by atoms with van der Waals surface area (Å²) in [5.74, 6) is 0.594. The van der Waals surface area contributed by atoms with Crippen molar-refractivity contribution in [3.8, 4) is 11.5 Å². The first-order valence-electron chi connectivity index (χ1n) is 11.7. The molecule has 0 saturated heterocycles. The summed E-state index contributed by atoms with van der Waals surface area (Å²) in [4.78, 5) is 12.6. The van der Waals surface area contributed by atoms with Gasteiger partial charge in [-0.25, -0.2) is 5.43 Å². The Hall–Kier alpha value is -3.33. The molecule has 0 aliphatic carbocycles. The third-order valence-electron chi connectivity index (χ3n) is 5.67. The Morgan fingerprint density at radius 3 is 2.63 bits per heavy atom. The highest BCUT2D eigenvalue weighted by Gasteiger charge is 2.15. The summed E-state index contributed by atoms with van der Waals surface area (Å²) in [5.41, 5.74) is 4.71. The number of nitrogens with zero attached hydrogens (tertiary/aromatic N) is 1. The van der Waals surface area contributed by atoms with Gasteiger partial charge in [0.1, 0.15) is 12.2 Å². The molecular formula is C29H21Br2ClN2O4. The molecule has 0 bridgehead atoms. The number of halogens is 3. The lowest BCUT2D eigenvalue weighted by molar-refractivity contribution is 0.0929. The molecular weight excluding hydrogens is 636 g/mol. The van der Waals surface area contributed by atoms with Crippen molar-refractivity contribution < 1.29 is 18.7 Å². The zero-order valence-corrected chi connectivity index (χ0v) is 24.1. The van der Waals surface area contributed by atoms with Gasteiger partial charge >= 0.3 is 5.91 Å². The number of fused-ring (bicyclic) bond motifs is 2. The second kappa shape index (κ2) is 11.6. The number of carbonyl (C=O) groups excluding carboxylic acids is 1. The van der Waals surface area contributed by atoms with Gasteiger partial charge in [0.15, 0.2) is 17.3 Å². The summed E-state index contributed by atoms with van der Waals surface area (Å²) in [6, 6.07) is 23.2. The van der Waals surface area contributed by atoms with Crippen molar-refractivity contribution in [2.24, 2.45) is 5.10 Å². The number of benzene rings is 4. The highest BCUT2D eigenvalue weighted by Crippen LogP contribution is 2.37. The van der Waals surface area contributed by atoms with E-state index in [4.69, 9.17) is 25.5 Å². The Morgan fingerprint density at radius 2 is 1.82 bits per heavy atom. The van der Waals surface area contributed by atoms with Crippen molar-refractivity contribution in [1.29, 1.82) is 0 Å². The van der Waals surface area contributed by atoms with E-state index in [0.29, 0.717) is 40.9 Å². The third-order valence-corrected chi connectivity index (χ3v) is 7.00. The Bertz CT molecular complexity index is 1680. The predicted molar refractivity (Wildman–Crippen MR) is 158 cm³/mol. The van der Waals surface area contributed by atoms with Crippen LogP contribution in [-0.2, 0) is 6.61 Å². The van der Waals surface area contributed by atoms with Gasteiger partial charge in [0.25, 0.3) is 0 Å². The molecule has 1 heterocycles. The minimum absolute atomic E-state index is 0.140. The van der Waals surface area contributed by atoms with E-state index in [0.717, 1.165) is 25.3 Å². The number of furan rings is 1. The third kappa shape index (κ3) is 5.88. The maximum Gasteiger partial charge on any atom is 0.307 e. The van der Waals surface area contributed by atoms with Gasteiger partial charge in [-0.2, -0.15) is 5.10 Å². The molecule has 0 aliphatic rings. The quantitative estimate of drug-likeness (QED) is 0.134. The largest absolute Gasteiger partial charge is 0.490 e. The average molecular weight is 657 g/mol. The minimum atomic E-state index is -0.480. The standard InChI is InChI=1S/C29H21Br2ClN2O4/c1-2-36-25-11-18(15-33-34-29(35)26-13-21-12-22(30)14-23(31)27(21)38-26)10-24(32)28(25)37-16-17-7-8-19-5-3-4-6-20(19)9-17/h3-15H,2,16H2,1H3,(H,34,35)/b33-15-. The molecule has 0 aliphatic heterocycles. The molecule has 38 heavy (non-hydrogen) atoms. The summed E-state index contributed by atoms with van der Waals surface area (Å²) >= 11 is 13.4. The van der Waals surface area contributed by atoms with Crippen LogP contribution < -0.4 is 14.9 Å². The first kappa shape index (κ1) is 26.3. The van der Waals surface area contributed by atoms with Crippen molar-refractivity contribution in [2.45, 2.75) is 13.5 Å². The molecule has 6 nitrogen and oxygen atoms in total. The molecule has 0 fully saturated rings. The normalized spacial score (nSPS) is 11.4. The maximum absolute atomic E-state index is 12.6. The molecule has 9 heteroatoms. The highest BCUT2D eigenvalue weighted by atomic mass is 79.9. The van der Waals surface area contributed by atoms with Crippen LogP contribution in [0.5, 0.6) is 11.5 Å². The van der Waals surface area contributed by atoms with Crippen LogP contribution in [0.15, 0.2) is 91.3 Å². The van der Waals surface area contributed by atoms with Gasteiger partial charge in [-0.3, -0.25) is 4.79 Å². The van der Waals surface area contributed by atoms with Crippen LogP contribution in [0.2, 0.25) is 5.02 Å². The number of nitrogens with one attached hydrogen (secondary N) is 1. The average Bonchev–Trinajstić information content (AvgIpc) is 3.33. The first-order chi connectivity index (χ1) is 18.4. The highest BCUT2D eigenvalue weighted by molar-refractivity contribution is 9.11. The molecule has 5 rings (SSSR count). The number of hydrogen-bond donors (Lipinski definition) is 1. The smallest absolute Gasteiger partial charge is 0.307 e. The number of rotatable bonds is 8. The molecule has 192 valence electrons. The predicted octanol–water partition coefficient (Wildman–Crippen LogP) is 8.51. The summed E-state index contributed by atoms with van der Waals surface area (Å²) in [6.07, 6.45) is 1.48. The summed E-state index contributed by atoms with van der Waals surface area (Å²) in [6.45, 7) is 2.64. The topological polar surface area (TPSA) is 73.1 Å². The second-order valence-electron chi connectivity index (χ2n) is 8.35. The van der Waals surface area contributed by atoms with Crippen molar-refractivity contribution in [1.82, 2.24) is 5.43 Å². The van der Waals surface area contributed by atoms with Gasteiger partial charge in [-0.05, 0) is 81.2 Å². The van der Waals surface area contributed by atoms with E-state index in [1.54, 1.807) is 18.2 Å². The van der Waals surface area contributed by atoms with E-state index in [9.17, 15) is 4.79 Å². The fraction of sp³-hybridized carbons (Fsp3) is 0.103. The van der Waals surface area contributed by atoms with E-state index in [1.165, 1.54) is 11.6 Å². The molecule has 4 aromatic carbocycles. The number of hydrazone groups is 1. The zero-order valence-electron chi connectivity index (χ0n) is 20.1. The fourth-order valence-corrected chi connectivity index (χ4v) is 5.57. The van der Waals surface area contributed by atoms with Crippen LogP contribution in [-0.4, -0.2) is 18.7 Å². The number of ether oxygens (including phenoxy) is 2. The minimum Gasteiger partial charge on any atom is -0.490 e. The Labute approximate surface area is 240 Å². The van der Waals surface area contributed by atoms with E-state index in [1.807, 2.05) is 37.3 Å². The lowest BCUT2D eigenvalue weighted by Crippen LogP contribution is -2.16. The Balaban J connectivity index is 1.30. The van der Waals surface area contributed by atoms with Gasteiger partial charge in [0, 0.05) is 9.86 Å². The molecule has 0 saturated carbocycles. The zero-order chi connectivity index (χ0) is 26.6. The summed E-state index contributed by atoms with van der Waals surface area (Å²) < 4.78 is 19.1. The molecule has 0 radical (unpaired) electrons. The van der Waals surface area contributed by atoms with Gasteiger partial charge in [-0.1, -0.05) is 63.9 Å². The van der Waals surface area contributed by atoms with Crippen LogP contribution in [0.4, 0.5) is 0 Å². The Kier molecular flexibility index (Phi) is 8.02. The molecule has 1 N–H and O–H groups in total. The van der Waals surface area contributed by atoms with Gasteiger partial charge in [-0.15, -0.1) is 0 Å². The van der Waals surface area contributed by atoms with Gasteiger partial charge in [0.2, 0.25) is 0 Å². The molecule has 0 atom stereocenters. The van der Waals surface area contributed by atoms with Gasteiger partial charge in [0.05, 0.1) is 22.3 Å². The summed E-state index contributed by atoms with van der Waals surface area (Å²) in [7, 11) is 0. The fourth-order valence-electron chi connectivity index (χ4n) is 3.96. The van der Waals surface area contributed by atoms with Crippen LogP contribution in [0, 0.1) is 0 Å². The first-order valence-corrected chi connectivity index (χ1v) is 13.7. The molecule has 1 amide bonds. The lowest BCUT2D eigenvalue weighted by atomic mass is 10.1. The van der Waals surface area contributed by atoms with E-state index >= 15 is 0 Å². The summed E-state index contributed by atoms with van der Waals surface area (Å²) in [5, 5.41) is 7.53. The molecule has 0 unspecified atom stereocenters. The molecule has 5 aromatic rings. The lowest BCUT2D eigenvalue weighted by Gasteiger charge is -2.14. The van der Waals surface area contributed by atoms with Crippen molar-refractivity contribution in [3.63, 3.8) is 0 Å². The number of amides is 1.